The first-order chi connectivity index (χ1) is 10.2. The molecule has 2 rings (SSSR count). The molecule has 0 aliphatic heterocycles. The summed E-state index contributed by atoms with van der Waals surface area (Å²) >= 11 is 5.45. The van der Waals surface area contributed by atoms with Gasteiger partial charge in [-0.1, -0.05) is 31.4 Å². The first-order valence-electron chi connectivity index (χ1n) is 7.41. The molecule has 112 valence electrons. The summed E-state index contributed by atoms with van der Waals surface area (Å²) in [7, 11) is 0. The van der Waals surface area contributed by atoms with Gasteiger partial charge in [0, 0.05) is 12.6 Å². The standard InChI is InChI=1S/C16H20FN3S/c17-14-9-4-5-10-15(14)19-16(21)20(12-6-11-18)13-7-2-1-3-8-13/h4-5,9-10,13H,1-3,6-8,12H2,(H,19,21). The van der Waals surface area contributed by atoms with Crippen LogP contribution in [0, 0.1) is 17.1 Å². The maximum atomic E-state index is 13.7. The number of rotatable bonds is 4. The fourth-order valence-corrected chi connectivity index (χ4v) is 3.11. The van der Waals surface area contributed by atoms with E-state index in [1.165, 1.54) is 25.3 Å². The summed E-state index contributed by atoms with van der Waals surface area (Å²) in [5, 5.41) is 12.3. The summed E-state index contributed by atoms with van der Waals surface area (Å²) in [4.78, 5) is 2.06. The summed E-state index contributed by atoms with van der Waals surface area (Å²) in [5.74, 6) is -0.316. The van der Waals surface area contributed by atoms with Gasteiger partial charge in [-0.15, -0.1) is 0 Å². The highest BCUT2D eigenvalue weighted by atomic mass is 32.1. The van der Waals surface area contributed by atoms with Crippen LogP contribution in [-0.4, -0.2) is 22.6 Å². The number of benzene rings is 1. The fourth-order valence-electron chi connectivity index (χ4n) is 2.76. The molecular weight excluding hydrogens is 285 g/mol. The average molecular weight is 305 g/mol. The van der Waals surface area contributed by atoms with Crippen LogP contribution in [-0.2, 0) is 0 Å². The molecule has 0 aromatic heterocycles. The lowest BCUT2D eigenvalue weighted by Crippen LogP contribution is -2.44. The van der Waals surface area contributed by atoms with Crippen molar-refractivity contribution in [2.45, 2.75) is 44.6 Å². The quantitative estimate of drug-likeness (QED) is 0.851. The second-order valence-electron chi connectivity index (χ2n) is 5.30. The molecule has 1 aromatic rings. The second kappa shape index (κ2) is 7.94. The molecule has 1 saturated carbocycles. The molecule has 0 atom stereocenters. The van der Waals surface area contributed by atoms with E-state index in [1.54, 1.807) is 18.2 Å². The number of para-hydroxylation sites is 1. The molecule has 3 nitrogen and oxygen atoms in total. The molecule has 21 heavy (non-hydrogen) atoms. The van der Waals surface area contributed by atoms with E-state index in [4.69, 9.17) is 17.5 Å². The first kappa shape index (κ1) is 15.7. The van der Waals surface area contributed by atoms with Gasteiger partial charge in [0.05, 0.1) is 18.2 Å². The van der Waals surface area contributed by atoms with Gasteiger partial charge in [-0.05, 0) is 37.2 Å². The van der Waals surface area contributed by atoms with E-state index in [-0.39, 0.29) is 5.82 Å². The predicted molar refractivity (Wildman–Crippen MR) is 86.4 cm³/mol. The third-order valence-corrected chi connectivity index (χ3v) is 4.19. The second-order valence-corrected chi connectivity index (χ2v) is 5.69. The molecule has 1 N–H and O–H groups in total. The van der Waals surface area contributed by atoms with E-state index >= 15 is 0 Å². The van der Waals surface area contributed by atoms with Gasteiger partial charge in [0.15, 0.2) is 5.11 Å². The summed E-state index contributed by atoms with van der Waals surface area (Å²) in [6.07, 6.45) is 6.24. The molecule has 0 radical (unpaired) electrons. The number of thiocarbonyl (C=S) groups is 1. The minimum absolute atomic E-state index is 0.316. The highest BCUT2D eigenvalue weighted by Crippen LogP contribution is 2.24. The number of anilines is 1. The molecular formula is C16H20FN3S. The Morgan fingerprint density at radius 2 is 2.05 bits per heavy atom. The number of halogens is 1. The van der Waals surface area contributed by atoms with E-state index in [9.17, 15) is 4.39 Å². The third-order valence-electron chi connectivity index (χ3n) is 3.86. The molecule has 0 spiro atoms. The normalized spacial score (nSPS) is 15.2. The Bertz CT molecular complexity index is 520. The van der Waals surface area contributed by atoms with Gasteiger partial charge in [-0.25, -0.2) is 4.39 Å². The van der Waals surface area contributed by atoms with Crippen molar-refractivity contribution in [2.24, 2.45) is 0 Å². The molecule has 0 bridgehead atoms. The zero-order chi connectivity index (χ0) is 15.1. The van der Waals surface area contributed by atoms with E-state index in [0.29, 0.717) is 29.8 Å². The van der Waals surface area contributed by atoms with Crippen LogP contribution in [0.3, 0.4) is 0 Å². The fraction of sp³-hybridized carbons (Fsp3) is 0.500. The van der Waals surface area contributed by atoms with Crippen molar-refractivity contribution in [3.63, 3.8) is 0 Å². The van der Waals surface area contributed by atoms with Gasteiger partial charge < -0.3 is 10.2 Å². The van der Waals surface area contributed by atoms with E-state index in [2.05, 4.69) is 16.3 Å². The Hall–Kier alpha value is -1.67. The minimum Gasteiger partial charge on any atom is -0.345 e. The minimum atomic E-state index is -0.316. The smallest absolute Gasteiger partial charge is 0.173 e. The Morgan fingerprint density at radius 3 is 2.71 bits per heavy atom. The first-order valence-corrected chi connectivity index (χ1v) is 7.82. The van der Waals surface area contributed by atoms with E-state index in [1.807, 2.05) is 0 Å². The summed E-state index contributed by atoms with van der Waals surface area (Å²) in [5.41, 5.74) is 0.389. The topological polar surface area (TPSA) is 39.1 Å². The van der Waals surface area contributed by atoms with Crippen LogP contribution in [0.4, 0.5) is 10.1 Å². The van der Waals surface area contributed by atoms with Crippen molar-refractivity contribution in [1.29, 1.82) is 5.26 Å². The lowest BCUT2D eigenvalue weighted by Gasteiger charge is -2.36. The van der Waals surface area contributed by atoms with Crippen LogP contribution in [0.15, 0.2) is 24.3 Å². The molecule has 5 heteroatoms. The van der Waals surface area contributed by atoms with Gasteiger partial charge in [0.1, 0.15) is 5.82 Å². The monoisotopic (exact) mass is 305 g/mol. The Morgan fingerprint density at radius 1 is 1.33 bits per heavy atom. The molecule has 0 heterocycles. The maximum Gasteiger partial charge on any atom is 0.173 e. The van der Waals surface area contributed by atoms with Gasteiger partial charge in [-0.2, -0.15) is 5.26 Å². The van der Waals surface area contributed by atoms with Crippen LogP contribution in [0.25, 0.3) is 0 Å². The molecule has 0 saturated heterocycles. The van der Waals surface area contributed by atoms with Gasteiger partial charge in [0.25, 0.3) is 0 Å². The van der Waals surface area contributed by atoms with E-state index < -0.39 is 0 Å². The number of nitriles is 1. The Labute approximate surface area is 130 Å². The molecule has 1 fully saturated rings. The van der Waals surface area contributed by atoms with Crippen LogP contribution < -0.4 is 5.32 Å². The average Bonchev–Trinajstić information content (AvgIpc) is 2.51. The van der Waals surface area contributed by atoms with Gasteiger partial charge in [-0.3, -0.25) is 0 Å². The highest BCUT2D eigenvalue weighted by Gasteiger charge is 2.23. The Balaban J connectivity index is 2.06. The molecule has 1 aromatic carbocycles. The van der Waals surface area contributed by atoms with Crippen molar-refractivity contribution in [3.8, 4) is 6.07 Å². The van der Waals surface area contributed by atoms with Crippen molar-refractivity contribution < 1.29 is 4.39 Å². The summed E-state index contributed by atoms with van der Waals surface area (Å²) in [6, 6.07) is 9.03. The number of hydrogen-bond donors (Lipinski definition) is 1. The van der Waals surface area contributed by atoms with Crippen molar-refractivity contribution in [3.05, 3.63) is 30.1 Å². The summed E-state index contributed by atoms with van der Waals surface area (Å²) in [6.45, 7) is 0.599. The Kier molecular flexibility index (Phi) is 5.94. The van der Waals surface area contributed by atoms with Crippen LogP contribution in [0.1, 0.15) is 38.5 Å². The predicted octanol–water partition coefficient (Wildman–Crippen LogP) is 4.07. The van der Waals surface area contributed by atoms with Crippen molar-refractivity contribution in [1.82, 2.24) is 4.90 Å². The van der Waals surface area contributed by atoms with Gasteiger partial charge >= 0.3 is 0 Å². The van der Waals surface area contributed by atoms with E-state index in [0.717, 1.165) is 12.8 Å². The molecule has 1 aliphatic rings. The number of nitrogens with zero attached hydrogens (tertiary/aromatic N) is 2. The zero-order valence-corrected chi connectivity index (χ0v) is 12.8. The third kappa shape index (κ3) is 4.40. The van der Waals surface area contributed by atoms with Crippen LogP contribution in [0.5, 0.6) is 0 Å². The molecule has 0 amide bonds. The largest absolute Gasteiger partial charge is 0.345 e. The summed E-state index contributed by atoms with van der Waals surface area (Å²) < 4.78 is 13.7. The van der Waals surface area contributed by atoms with Crippen molar-refractivity contribution >= 4 is 23.0 Å². The molecule has 0 unspecified atom stereocenters. The lowest BCUT2D eigenvalue weighted by atomic mass is 9.94. The lowest BCUT2D eigenvalue weighted by molar-refractivity contribution is 0.250. The van der Waals surface area contributed by atoms with Crippen molar-refractivity contribution in [2.75, 3.05) is 11.9 Å². The SMILES string of the molecule is N#CCCN(C(=S)Nc1ccccc1F)C1CCCCC1. The van der Waals surface area contributed by atoms with Crippen LogP contribution in [0.2, 0.25) is 0 Å². The highest BCUT2D eigenvalue weighted by molar-refractivity contribution is 7.80. The zero-order valence-electron chi connectivity index (χ0n) is 12.0. The number of nitrogens with one attached hydrogen (secondary N) is 1. The number of hydrogen-bond acceptors (Lipinski definition) is 2. The van der Waals surface area contributed by atoms with Gasteiger partial charge in [0.2, 0.25) is 0 Å². The molecule has 1 aliphatic carbocycles. The maximum absolute atomic E-state index is 13.7. The van der Waals surface area contributed by atoms with Crippen LogP contribution >= 0.6 is 12.2 Å².